The molecule has 0 radical (unpaired) electrons. The summed E-state index contributed by atoms with van der Waals surface area (Å²) in [6, 6.07) is 10.7. The topological polar surface area (TPSA) is 96.8 Å². The lowest BCUT2D eigenvalue weighted by Crippen LogP contribution is -2.30. The number of rotatable bonds is 7. The fraction of sp³-hybridized carbons (Fsp3) is 0.238. The van der Waals surface area contributed by atoms with Crippen LogP contribution in [0, 0.1) is 0 Å². The molecule has 3 aromatic rings. The first-order valence-corrected chi connectivity index (χ1v) is 11.1. The van der Waals surface area contributed by atoms with Gasteiger partial charge in [-0.3, -0.25) is 0 Å². The van der Waals surface area contributed by atoms with E-state index in [0.29, 0.717) is 40.6 Å². The molecule has 0 aliphatic rings. The van der Waals surface area contributed by atoms with E-state index in [0.717, 1.165) is 0 Å². The Hall–Kier alpha value is -2.68. The van der Waals surface area contributed by atoms with E-state index in [2.05, 4.69) is 4.98 Å². The van der Waals surface area contributed by atoms with E-state index in [4.69, 9.17) is 16.3 Å². The van der Waals surface area contributed by atoms with Crippen molar-refractivity contribution in [2.75, 3.05) is 20.2 Å². The van der Waals surface area contributed by atoms with Gasteiger partial charge in [0.2, 0.25) is 10.0 Å². The van der Waals surface area contributed by atoms with E-state index in [1.165, 1.54) is 35.7 Å². The molecule has 0 fully saturated rings. The molecule has 0 bridgehead atoms. The van der Waals surface area contributed by atoms with Crippen LogP contribution in [0.5, 0.6) is 5.75 Å². The van der Waals surface area contributed by atoms with Gasteiger partial charge in [0, 0.05) is 29.1 Å². The van der Waals surface area contributed by atoms with Crippen LogP contribution in [0.15, 0.2) is 47.4 Å². The van der Waals surface area contributed by atoms with Crippen LogP contribution in [0.2, 0.25) is 5.02 Å². The second kappa shape index (κ2) is 8.59. The van der Waals surface area contributed by atoms with Crippen LogP contribution >= 0.6 is 11.6 Å². The highest BCUT2D eigenvalue weighted by Gasteiger charge is 2.23. The standard InChI is InChI=1S/C21H21ClN2O5S/c1-4-24(5-2)30(27,28)14-7-8-18-15(11-14)16(21(25)26)12-19(23-18)17-10-13(22)6-9-20(17)29-3/h6-12H,4-5H2,1-3H3,(H,25,26). The zero-order valence-electron chi connectivity index (χ0n) is 16.7. The molecule has 0 spiro atoms. The van der Waals surface area contributed by atoms with E-state index in [1.807, 2.05) is 0 Å². The number of methoxy groups -OCH3 is 1. The van der Waals surface area contributed by atoms with Gasteiger partial charge in [-0.1, -0.05) is 25.4 Å². The number of fused-ring (bicyclic) bond motifs is 1. The van der Waals surface area contributed by atoms with Gasteiger partial charge in [0.1, 0.15) is 5.75 Å². The zero-order chi connectivity index (χ0) is 22.1. The van der Waals surface area contributed by atoms with Gasteiger partial charge in [-0.05, 0) is 42.5 Å². The Balaban J connectivity index is 2.27. The second-order valence-corrected chi connectivity index (χ2v) is 8.85. The van der Waals surface area contributed by atoms with Crippen LogP contribution in [-0.2, 0) is 10.0 Å². The van der Waals surface area contributed by atoms with Gasteiger partial charge in [-0.2, -0.15) is 4.31 Å². The number of hydrogen-bond acceptors (Lipinski definition) is 5. The maximum atomic E-state index is 12.9. The van der Waals surface area contributed by atoms with E-state index < -0.39 is 16.0 Å². The number of aromatic carboxylic acids is 1. The van der Waals surface area contributed by atoms with Crippen molar-refractivity contribution < 1.29 is 23.1 Å². The van der Waals surface area contributed by atoms with E-state index in [-0.39, 0.29) is 15.8 Å². The third kappa shape index (κ3) is 3.98. The molecule has 0 aliphatic carbocycles. The van der Waals surface area contributed by atoms with Gasteiger partial charge in [0.05, 0.1) is 28.8 Å². The van der Waals surface area contributed by atoms with Gasteiger partial charge in [0.15, 0.2) is 0 Å². The molecule has 0 aliphatic heterocycles. The van der Waals surface area contributed by atoms with E-state index in [1.54, 1.807) is 32.0 Å². The van der Waals surface area contributed by atoms with Crippen LogP contribution < -0.4 is 4.74 Å². The van der Waals surface area contributed by atoms with E-state index in [9.17, 15) is 18.3 Å². The van der Waals surface area contributed by atoms with Crippen molar-refractivity contribution in [1.82, 2.24) is 9.29 Å². The number of carboxylic acids is 1. The summed E-state index contributed by atoms with van der Waals surface area (Å²) in [5.41, 5.74) is 1.19. The lowest BCUT2D eigenvalue weighted by molar-refractivity contribution is 0.0699. The van der Waals surface area contributed by atoms with E-state index >= 15 is 0 Å². The predicted molar refractivity (Wildman–Crippen MR) is 116 cm³/mol. The Kier molecular flexibility index (Phi) is 6.30. The average molecular weight is 449 g/mol. The van der Waals surface area contributed by atoms with Crippen molar-refractivity contribution in [3.05, 3.63) is 53.1 Å². The fourth-order valence-electron chi connectivity index (χ4n) is 3.27. The number of nitrogens with zero attached hydrogens (tertiary/aromatic N) is 2. The number of sulfonamides is 1. The molecular weight excluding hydrogens is 428 g/mol. The summed E-state index contributed by atoms with van der Waals surface area (Å²) in [6.45, 7) is 4.12. The second-order valence-electron chi connectivity index (χ2n) is 6.47. The first-order valence-electron chi connectivity index (χ1n) is 9.25. The predicted octanol–water partition coefficient (Wildman–Crippen LogP) is 4.29. The molecule has 1 heterocycles. The quantitative estimate of drug-likeness (QED) is 0.579. The Labute approximate surface area is 179 Å². The Morgan fingerprint density at radius 3 is 2.43 bits per heavy atom. The maximum Gasteiger partial charge on any atom is 0.336 e. The van der Waals surface area contributed by atoms with Crippen molar-refractivity contribution in [2.24, 2.45) is 0 Å². The molecule has 0 unspecified atom stereocenters. The van der Waals surface area contributed by atoms with Crippen LogP contribution in [0.4, 0.5) is 0 Å². The highest BCUT2D eigenvalue weighted by molar-refractivity contribution is 7.89. The first kappa shape index (κ1) is 22.0. The number of benzene rings is 2. The number of ether oxygens (including phenoxy) is 1. The normalized spacial score (nSPS) is 11.8. The summed E-state index contributed by atoms with van der Waals surface area (Å²) in [6.07, 6.45) is 0. The Morgan fingerprint density at radius 2 is 1.83 bits per heavy atom. The summed E-state index contributed by atoms with van der Waals surface area (Å²) in [4.78, 5) is 16.5. The lowest BCUT2D eigenvalue weighted by Gasteiger charge is -2.19. The largest absolute Gasteiger partial charge is 0.496 e. The summed E-state index contributed by atoms with van der Waals surface area (Å²) < 4.78 is 32.4. The van der Waals surface area contributed by atoms with Crippen molar-refractivity contribution in [3.8, 4) is 17.0 Å². The molecule has 158 valence electrons. The molecule has 30 heavy (non-hydrogen) atoms. The van der Waals surface area contributed by atoms with Crippen molar-refractivity contribution >= 4 is 38.5 Å². The lowest BCUT2D eigenvalue weighted by atomic mass is 10.0. The molecule has 9 heteroatoms. The Morgan fingerprint density at radius 1 is 1.13 bits per heavy atom. The smallest absolute Gasteiger partial charge is 0.336 e. The summed E-state index contributed by atoms with van der Waals surface area (Å²) in [5, 5.41) is 10.5. The number of hydrogen-bond donors (Lipinski definition) is 1. The molecule has 7 nitrogen and oxygen atoms in total. The van der Waals surface area contributed by atoms with Crippen molar-refractivity contribution in [1.29, 1.82) is 0 Å². The average Bonchev–Trinajstić information content (AvgIpc) is 2.73. The molecule has 1 N–H and O–H groups in total. The van der Waals surface area contributed by atoms with Crippen LogP contribution in [0.25, 0.3) is 22.2 Å². The summed E-state index contributed by atoms with van der Waals surface area (Å²) in [5.74, 6) is -0.703. The summed E-state index contributed by atoms with van der Waals surface area (Å²) >= 11 is 6.10. The molecule has 0 amide bonds. The highest BCUT2D eigenvalue weighted by Crippen LogP contribution is 2.34. The van der Waals surface area contributed by atoms with Gasteiger partial charge < -0.3 is 9.84 Å². The minimum absolute atomic E-state index is 0.0242. The maximum absolute atomic E-state index is 12.9. The Bertz CT molecular complexity index is 1220. The number of halogens is 1. The fourth-order valence-corrected chi connectivity index (χ4v) is 4.93. The number of carbonyl (C=O) groups is 1. The van der Waals surface area contributed by atoms with Crippen LogP contribution in [0.3, 0.4) is 0 Å². The zero-order valence-corrected chi connectivity index (χ0v) is 18.3. The molecule has 1 aromatic heterocycles. The van der Waals surface area contributed by atoms with Gasteiger partial charge in [-0.25, -0.2) is 18.2 Å². The van der Waals surface area contributed by atoms with Gasteiger partial charge >= 0.3 is 5.97 Å². The minimum Gasteiger partial charge on any atom is -0.496 e. The molecule has 0 saturated heterocycles. The molecule has 0 atom stereocenters. The van der Waals surface area contributed by atoms with Crippen LogP contribution in [0.1, 0.15) is 24.2 Å². The van der Waals surface area contributed by atoms with Gasteiger partial charge in [-0.15, -0.1) is 0 Å². The van der Waals surface area contributed by atoms with Crippen molar-refractivity contribution in [3.63, 3.8) is 0 Å². The van der Waals surface area contributed by atoms with Crippen LogP contribution in [-0.4, -0.2) is 49.0 Å². The van der Waals surface area contributed by atoms with Gasteiger partial charge in [0.25, 0.3) is 0 Å². The molecule has 2 aromatic carbocycles. The summed E-state index contributed by atoms with van der Waals surface area (Å²) in [7, 11) is -2.24. The number of aromatic nitrogens is 1. The van der Waals surface area contributed by atoms with Crippen molar-refractivity contribution in [2.45, 2.75) is 18.7 Å². The third-order valence-electron chi connectivity index (χ3n) is 4.79. The minimum atomic E-state index is -3.74. The monoisotopic (exact) mass is 448 g/mol. The molecule has 0 saturated carbocycles. The molecular formula is C21H21ClN2O5S. The third-order valence-corrected chi connectivity index (χ3v) is 7.07. The number of pyridine rings is 1. The SMILES string of the molecule is CCN(CC)S(=O)(=O)c1ccc2nc(-c3cc(Cl)ccc3OC)cc(C(=O)O)c2c1. The molecule has 3 rings (SSSR count). The first-order chi connectivity index (χ1) is 14.2. The highest BCUT2D eigenvalue weighted by atomic mass is 35.5. The number of carboxylic acid groups (broad SMARTS) is 1.